The molecule has 3 rings (SSSR count). The number of rotatable bonds is 9. The fourth-order valence-electron chi connectivity index (χ4n) is 5.52. The average molecular weight is 371 g/mol. The van der Waals surface area contributed by atoms with Crippen LogP contribution in [0.2, 0.25) is 0 Å². The Kier molecular flexibility index (Phi) is 8.55. The Morgan fingerprint density at radius 3 is 1.93 bits per heavy atom. The normalized spacial score (nSPS) is 28.8. The van der Waals surface area contributed by atoms with E-state index in [2.05, 4.69) is 38.1 Å². The monoisotopic (exact) mass is 370 g/mol. The third kappa shape index (κ3) is 6.54. The summed E-state index contributed by atoms with van der Waals surface area (Å²) in [5.41, 5.74) is 1.53. The van der Waals surface area contributed by atoms with Crippen molar-refractivity contribution < 1.29 is 4.74 Å². The molecule has 2 saturated carbocycles. The van der Waals surface area contributed by atoms with E-state index in [-0.39, 0.29) is 0 Å². The van der Waals surface area contributed by atoms with Gasteiger partial charge < -0.3 is 4.74 Å². The van der Waals surface area contributed by atoms with Gasteiger partial charge in [-0.1, -0.05) is 70.9 Å². The Hall–Kier alpha value is -0.980. The molecule has 0 N–H and O–H groups in total. The lowest BCUT2D eigenvalue weighted by molar-refractivity contribution is 0.230. The average Bonchev–Trinajstić information content (AvgIpc) is 2.73. The van der Waals surface area contributed by atoms with E-state index in [1.807, 2.05) is 0 Å². The van der Waals surface area contributed by atoms with Crippen LogP contribution in [-0.2, 0) is 0 Å². The van der Waals surface area contributed by atoms with E-state index in [0.717, 1.165) is 36.0 Å². The molecule has 27 heavy (non-hydrogen) atoms. The summed E-state index contributed by atoms with van der Waals surface area (Å²) in [5, 5.41) is 0. The molecule has 2 aliphatic carbocycles. The van der Waals surface area contributed by atoms with Gasteiger partial charge in [-0.2, -0.15) is 0 Å². The Balaban J connectivity index is 1.31. The highest BCUT2D eigenvalue weighted by Gasteiger charge is 2.21. The van der Waals surface area contributed by atoms with Crippen molar-refractivity contribution in [1.82, 2.24) is 0 Å². The van der Waals surface area contributed by atoms with Crippen LogP contribution < -0.4 is 4.74 Å². The molecular weight excluding hydrogens is 328 g/mol. The third-order valence-electron chi connectivity index (χ3n) is 7.46. The first kappa shape index (κ1) is 20.7. The molecule has 2 aliphatic rings. The standard InChI is InChI=1S/C26H42O/c1-3-6-22-8-10-23(11-9-22)7-5-20-27-26-18-16-25(17-19-26)24-14-12-21(4-2)13-15-24/h16-19,21-24H,3-15,20H2,1-2H3. The molecule has 1 heteroatoms. The minimum Gasteiger partial charge on any atom is -0.494 e. The van der Waals surface area contributed by atoms with E-state index in [0.29, 0.717) is 0 Å². The summed E-state index contributed by atoms with van der Waals surface area (Å²) in [5.74, 6) is 4.81. The van der Waals surface area contributed by atoms with Crippen molar-refractivity contribution >= 4 is 0 Å². The lowest BCUT2D eigenvalue weighted by Gasteiger charge is -2.28. The summed E-state index contributed by atoms with van der Waals surface area (Å²) in [7, 11) is 0. The molecule has 0 aliphatic heterocycles. The SMILES string of the molecule is CCCC1CCC(CCCOc2ccc(C3CCC(CC)CC3)cc2)CC1. The molecule has 152 valence electrons. The van der Waals surface area contributed by atoms with Gasteiger partial charge in [-0.3, -0.25) is 0 Å². The van der Waals surface area contributed by atoms with Crippen LogP contribution in [0.1, 0.15) is 109 Å². The van der Waals surface area contributed by atoms with Crippen molar-refractivity contribution in [3.63, 3.8) is 0 Å². The van der Waals surface area contributed by atoms with E-state index < -0.39 is 0 Å². The maximum atomic E-state index is 6.03. The van der Waals surface area contributed by atoms with Gasteiger partial charge in [-0.15, -0.1) is 0 Å². The first-order valence-corrected chi connectivity index (χ1v) is 12.0. The van der Waals surface area contributed by atoms with Gasteiger partial charge in [0.25, 0.3) is 0 Å². The van der Waals surface area contributed by atoms with Crippen LogP contribution in [0.4, 0.5) is 0 Å². The van der Waals surface area contributed by atoms with Crippen LogP contribution in [-0.4, -0.2) is 6.61 Å². The maximum Gasteiger partial charge on any atom is 0.119 e. The fraction of sp³-hybridized carbons (Fsp3) is 0.769. The van der Waals surface area contributed by atoms with Gasteiger partial charge in [0.15, 0.2) is 0 Å². The van der Waals surface area contributed by atoms with E-state index in [9.17, 15) is 0 Å². The van der Waals surface area contributed by atoms with Crippen molar-refractivity contribution in [1.29, 1.82) is 0 Å². The first-order chi connectivity index (χ1) is 13.3. The maximum absolute atomic E-state index is 6.03. The molecule has 0 radical (unpaired) electrons. The molecule has 2 fully saturated rings. The lowest BCUT2D eigenvalue weighted by atomic mass is 9.78. The molecule has 0 saturated heterocycles. The summed E-state index contributed by atoms with van der Waals surface area (Å²) in [6, 6.07) is 9.05. The van der Waals surface area contributed by atoms with E-state index >= 15 is 0 Å². The molecule has 0 spiro atoms. The number of hydrogen-bond acceptors (Lipinski definition) is 1. The van der Waals surface area contributed by atoms with E-state index in [1.54, 1.807) is 0 Å². The Bertz CT molecular complexity index is 504. The Morgan fingerprint density at radius 1 is 0.741 bits per heavy atom. The van der Waals surface area contributed by atoms with E-state index in [4.69, 9.17) is 4.74 Å². The quantitative estimate of drug-likeness (QED) is 0.399. The third-order valence-corrected chi connectivity index (χ3v) is 7.46. The second-order valence-corrected chi connectivity index (χ2v) is 9.36. The highest BCUT2D eigenvalue weighted by Crippen LogP contribution is 2.37. The van der Waals surface area contributed by atoms with Crippen molar-refractivity contribution in [2.75, 3.05) is 6.61 Å². The van der Waals surface area contributed by atoms with Gasteiger partial charge in [-0.25, -0.2) is 0 Å². The van der Waals surface area contributed by atoms with Gasteiger partial charge in [0, 0.05) is 0 Å². The van der Waals surface area contributed by atoms with Crippen LogP contribution in [0.15, 0.2) is 24.3 Å². The molecule has 0 atom stereocenters. The summed E-state index contributed by atoms with van der Waals surface area (Å²) in [6.45, 7) is 5.55. The highest BCUT2D eigenvalue weighted by atomic mass is 16.5. The van der Waals surface area contributed by atoms with Gasteiger partial charge >= 0.3 is 0 Å². The smallest absolute Gasteiger partial charge is 0.119 e. The summed E-state index contributed by atoms with van der Waals surface area (Å²) in [4.78, 5) is 0. The molecule has 0 amide bonds. The van der Waals surface area contributed by atoms with Crippen molar-refractivity contribution in [3.8, 4) is 5.75 Å². The number of benzene rings is 1. The zero-order valence-electron chi connectivity index (χ0n) is 17.9. The van der Waals surface area contributed by atoms with Crippen LogP contribution in [0.3, 0.4) is 0 Å². The molecule has 0 aromatic heterocycles. The zero-order chi connectivity index (χ0) is 18.9. The molecule has 1 aromatic rings. The molecule has 0 heterocycles. The molecular formula is C26H42O. The van der Waals surface area contributed by atoms with Crippen LogP contribution in [0, 0.1) is 17.8 Å². The number of ether oxygens (including phenoxy) is 1. The number of hydrogen-bond donors (Lipinski definition) is 0. The van der Waals surface area contributed by atoms with Crippen LogP contribution in [0.5, 0.6) is 5.75 Å². The molecule has 1 nitrogen and oxygen atoms in total. The first-order valence-electron chi connectivity index (χ1n) is 12.0. The minimum atomic E-state index is 0.782. The van der Waals surface area contributed by atoms with Crippen molar-refractivity contribution in [2.45, 2.75) is 103 Å². The van der Waals surface area contributed by atoms with Crippen LogP contribution in [0.25, 0.3) is 0 Å². The van der Waals surface area contributed by atoms with Crippen molar-refractivity contribution in [2.24, 2.45) is 17.8 Å². The summed E-state index contributed by atoms with van der Waals surface area (Å²) >= 11 is 0. The van der Waals surface area contributed by atoms with Crippen LogP contribution >= 0.6 is 0 Å². The van der Waals surface area contributed by atoms with Gasteiger partial charge in [0.2, 0.25) is 0 Å². The minimum absolute atomic E-state index is 0.782. The largest absolute Gasteiger partial charge is 0.494 e. The van der Waals surface area contributed by atoms with Gasteiger partial charge in [0.1, 0.15) is 5.75 Å². The molecule has 0 unspecified atom stereocenters. The van der Waals surface area contributed by atoms with Gasteiger partial charge in [-0.05, 0) is 79.9 Å². The van der Waals surface area contributed by atoms with Gasteiger partial charge in [0.05, 0.1) is 6.61 Å². The second-order valence-electron chi connectivity index (χ2n) is 9.36. The Labute approximate surface area is 168 Å². The summed E-state index contributed by atoms with van der Waals surface area (Å²) < 4.78 is 6.03. The molecule has 0 bridgehead atoms. The predicted molar refractivity (Wildman–Crippen MR) is 117 cm³/mol. The predicted octanol–water partition coefficient (Wildman–Crippen LogP) is 8.14. The highest BCUT2D eigenvalue weighted by molar-refractivity contribution is 5.29. The van der Waals surface area contributed by atoms with E-state index in [1.165, 1.54) is 89.0 Å². The fourth-order valence-corrected chi connectivity index (χ4v) is 5.52. The topological polar surface area (TPSA) is 9.23 Å². The Morgan fingerprint density at radius 2 is 1.33 bits per heavy atom. The molecule has 1 aromatic carbocycles. The lowest BCUT2D eigenvalue weighted by Crippen LogP contribution is -2.15. The summed E-state index contributed by atoms with van der Waals surface area (Å²) in [6.07, 6.45) is 18.2. The second kappa shape index (κ2) is 11.1. The van der Waals surface area contributed by atoms with Crippen molar-refractivity contribution in [3.05, 3.63) is 29.8 Å². The zero-order valence-corrected chi connectivity index (χ0v) is 17.9.